The lowest BCUT2D eigenvalue weighted by atomic mass is 9.85. The highest BCUT2D eigenvalue weighted by molar-refractivity contribution is 5.61. The number of unbranched alkanes of at least 4 members (excludes halogenated alkanes) is 1. The van der Waals surface area contributed by atoms with Crippen LogP contribution in [0.3, 0.4) is 0 Å². The van der Waals surface area contributed by atoms with Crippen molar-refractivity contribution in [1.29, 1.82) is 0 Å². The van der Waals surface area contributed by atoms with Crippen molar-refractivity contribution in [3.05, 3.63) is 41.1 Å². The maximum Gasteiger partial charge on any atom is 0.168 e. The third kappa shape index (κ3) is 1.81. The second-order valence-electron chi connectivity index (χ2n) is 6.70. The molecule has 0 spiro atoms. The first-order valence-electron chi connectivity index (χ1n) is 7.73. The Morgan fingerprint density at radius 2 is 2.00 bits per heavy atom. The lowest BCUT2D eigenvalue weighted by molar-refractivity contribution is -0.0898. The highest BCUT2D eigenvalue weighted by Crippen LogP contribution is 2.51. The molecule has 0 radical (unpaired) electrons. The molecule has 1 fully saturated rings. The predicted octanol–water partition coefficient (Wildman–Crippen LogP) is 4.51. The average Bonchev–Trinajstić information content (AvgIpc) is 2.70. The number of hydrogen-bond donors (Lipinski definition) is 0. The molecule has 0 bridgehead atoms. The molecule has 1 aromatic rings. The highest BCUT2D eigenvalue weighted by Gasteiger charge is 2.54. The van der Waals surface area contributed by atoms with Gasteiger partial charge in [0, 0.05) is 11.3 Å². The van der Waals surface area contributed by atoms with E-state index in [2.05, 4.69) is 62.9 Å². The van der Waals surface area contributed by atoms with Crippen molar-refractivity contribution in [1.82, 2.24) is 4.90 Å². The fourth-order valence-electron chi connectivity index (χ4n) is 3.88. The molecule has 1 saturated heterocycles. The smallest absolute Gasteiger partial charge is 0.168 e. The second-order valence-corrected chi connectivity index (χ2v) is 6.70. The van der Waals surface area contributed by atoms with Crippen LogP contribution < -0.4 is 0 Å². The number of fused-ring (bicyclic) bond motifs is 3. The number of hydrogen-bond acceptors (Lipinski definition) is 2. The van der Waals surface area contributed by atoms with Gasteiger partial charge < -0.3 is 9.64 Å². The van der Waals surface area contributed by atoms with Gasteiger partial charge in [-0.25, -0.2) is 0 Å². The monoisotopic (exact) mass is 271 g/mol. The van der Waals surface area contributed by atoms with Crippen molar-refractivity contribution >= 4 is 6.08 Å². The lowest BCUT2D eigenvalue weighted by Gasteiger charge is -2.47. The van der Waals surface area contributed by atoms with Crippen LogP contribution in [0.15, 0.2) is 30.0 Å². The summed E-state index contributed by atoms with van der Waals surface area (Å²) < 4.78 is 6.44. The predicted molar refractivity (Wildman–Crippen MR) is 83.2 cm³/mol. The van der Waals surface area contributed by atoms with E-state index in [9.17, 15) is 0 Å². The molecule has 2 nitrogen and oxygen atoms in total. The summed E-state index contributed by atoms with van der Waals surface area (Å²) in [7, 11) is 0. The fraction of sp³-hybridized carbons (Fsp3) is 0.556. The molecule has 2 aliphatic rings. The van der Waals surface area contributed by atoms with Gasteiger partial charge in [0.1, 0.15) is 0 Å². The first kappa shape index (κ1) is 13.7. The van der Waals surface area contributed by atoms with E-state index in [-0.39, 0.29) is 11.3 Å². The van der Waals surface area contributed by atoms with Crippen LogP contribution in [-0.2, 0) is 10.5 Å². The maximum absolute atomic E-state index is 6.44. The summed E-state index contributed by atoms with van der Waals surface area (Å²) in [5.74, 6) is 0. The number of allylic oxidation sites excluding steroid dienone is 1. The molecule has 2 aliphatic heterocycles. The molecular formula is C18H25NO. The Labute approximate surface area is 122 Å². The van der Waals surface area contributed by atoms with Crippen LogP contribution in [-0.4, -0.2) is 17.0 Å². The van der Waals surface area contributed by atoms with Crippen LogP contribution in [0.4, 0.5) is 0 Å². The normalized spacial score (nSPS) is 27.0. The Hall–Kier alpha value is -1.28. The molecule has 3 rings (SSSR count). The molecule has 0 aliphatic carbocycles. The summed E-state index contributed by atoms with van der Waals surface area (Å²) in [5, 5.41) is 0. The number of rotatable bonds is 3. The Bertz CT molecular complexity index is 546. The summed E-state index contributed by atoms with van der Waals surface area (Å²) in [6.45, 7) is 9.82. The third-order valence-electron chi connectivity index (χ3n) is 4.60. The van der Waals surface area contributed by atoms with Gasteiger partial charge in [0.15, 0.2) is 5.72 Å². The van der Waals surface area contributed by atoms with Crippen molar-refractivity contribution in [2.45, 2.75) is 58.2 Å². The Morgan fingerprint density at radius 3 is 2.75 bits per heavy atom. The number of nitrogens with zero attached hydrogens (tertiary/aromatic N) is 1. The van der Waals surface area contributed by atoms with E-state index < -0.39 is 0 Å². The molecule has 2 heteroatoms. The van der Waals surface area contributed by atoms with Crippen molar-refractivity contribution in [2.24, 2.45) is 0 Å². The Morgan fingerprint density at radius 1 is 1.25 bits per heavy atom. The lowest BCUT2D eigenvalue weighted by Crippen LogP contribution is -2.51. The van der Waals surface area contributed by atoms with Crippen LogP contribution >= 0.6 is 0 Å². The molecule has 0 saturated carbocycles. The molecule has 1 unspecified atom stereocenters. The van der Waals surface area contributed by atoms with Gasteiger partial charge in [-0.2, -0.15) is 0 Å². The number of benzene rings is 1. The van der Waals surface area contributed by atoms with Crippen LogP contribution in [0.1, 0.15) is 58.1 Å². The van der Waals surface area contributed by atoms with Gasteiger partial charge >= 0.3 is 0 Å². The topological polar surface area (TPSA) is 12.5 Å². The summed E-state index contributed by atoms with van der Waals surface area (Å²) >= 11 is 0. The molecule has 0 N–H and O–H groups in total. The van der Waals surface area contributed by atoms with E-state index in [0.29, 0.717) is 0 Å². The molecule has 0 amide bonds. The summed E-state index contributed by atoms with van der Waals surface area (Å²) in [6.07, 6.45) is 5.75. The summed E-state index contributed by atoms with van der Waals surface area (Å²) in [6, 6.07) is 8.70. The fourth-order valence-corrected chi connectivity index (χ4v) is 3.88. The van der Waals surface area contributed by atoms with Gasteiger partial charge in [0.05, 0.1) is 12.1 Å². The zero-order valence-electron chi connectivity index (χ0n) is 13.1. The largest absolute Gasteiger partial charge is 0.349 e. The zero-order valence-corrected chi connectivity index (χ0v) is 13.1. The minimum Gasteiger partial charge on any atom is -0.349 e. The zero-order chi connectivity index (χ0) is 14.4. The van der Waals surface area contributed by atoms with Gasteiger partial charge in [-0.1, -0.05) is 37.6 Å². The number of ether oxygens (including phenoxy) is 1. The third-order valence-corrected chi connectivity index (χ3v) is 4.60. The van der Waals surface area contributed by atoms with Gasteiger partial charge in [-0.05, 0) is 45.3 Å². The van der Waals surface area contributed by atoms with Crippen molar-refractivity contribution < 1.29 is 4.74 Å². The van der Waals surface area contributed by atoms with E-state index in [4.69, 9.17) is 4.74 Å². The van der Waals surface area contributed by atoms with Gasteiger partial charge in [-0.3, -0.25) is 0 Å². The van der Waals surface area contributed by atoms with Crippen LogP contribution in [0.5, 0.6) is 0 Å². The van der Waals surface area contributed by atoms with Crippen molar-refractivity contribution in [2.75, 3.05) is 6.61 Å². The van der Waals surface area contributed by atoms with E-state index in [1.54, 1.807) is 0 Å². The Balaban J connectivity index is 2.17. The van der Waals surface area contributed by atoms with E-state index in [1.165, 1.54) is 29.7 Å². The molecule has 1 aromatic carbocycles. The molecule has 1 atom stereocenters. The average molecular weight is 271 g/mol. The SMILES string of the molecule is CCCCC12OCC(C)(C)N1C(C)=Cc1ccccc12. The van der Waals surface area contributed by atoms with Gasteiger partial charge in [-0.15, -0.1) is 0 Å². The van der Waals surface area contributed by atoms with Crippen molar-refractivity contribution in [3.8, 4) is 0 Å². The quantitative estimate of drug-likeness (QED) is 0.801. The minimum absolute atomic E-state index is 0.0574. The maximum atomic E-state index is 6.44. The highest BCUT2D eigenvalue weighted by atomic mass is 16.5. The van der Waals surface area contributed by atoms with E-state index in [1.807, 2.05) is 0 Å². The molecular weight excluding hydrogens is 246 g/mol. The molecule has 108 valence electrons. The second kappa shape index (κ2) is 4.63. The molecule has 0 aromatic heterocycles. The first-order valence-corrected chi connectivity index (χ1v) is 7.73. The molecule has 20 heavy (non-hydrogen) atoms. The van der Waals surface area contributed by atoms with E-state index >= 15 is 0 Å². The van der Waals surface area contributed by atoms with E-state index in [0.717, 1.165) is 13.0 Å². The van der Waals surface area contributed by atoms with Crippen LogP contribution in [0.2, 0.25) is 0 Å². The van der Waals surface area contributed by atoms with Gasteiger partial charge in [0.25, 0.3) is 0 Å². The van der Waals surface area contributed by atoms with Crippen LogP contribution in [0.25, 0.3) is 6.08 Å². The van der Waals surface area contributed by atoms with Crippen molar-refractivity contribution in [3.63, 3.8) is 0 Å². The standard InChI is InChI=1S/C18H25NO/c1-5-6-11-18-16-10-8-7-9-15(16)12-14(2)19(18)17(3,4)13-20-18/h7-10,12H,5-6,11,13H2,1-4H3. The molecule has 2 heterocycles. The first-order chi connectivity index (χ1) is 9.51. The van der Waals surface area contributed by atoms with Gasteiger partial charge in [0.2, 0.25) is 0 Å². The summed E-state index contributed by atoms with van der Waals surface area (Å²) in [4.78, 5) is 2.51. The minimum atomic E-state index is -0.255. The van der Waals surface area contributed by atoms with Crippen LogP contribution in [0, 0.1) is 0 Å². The Kier molecular flexibility index (Phi) is 3.17. The summed E-state index contributed by atoms with van der Waals surface area (Å²) in [5.41, 5.74) is 3.78.